The zero-order valence-electron chi connectivity index (χ0n) is 12.9. The summed E-state index contributed by atoms with van der Waals surface area (Å²) in [7, 11) is 1.71. The summed E-state index contributed by atoms with van der Waals surface area (Å²) in [6.45, 7) is 2.82. The van der Waals surface area contributed by atoms with E-state index < -0.39 is 0 Å². The van der Waals surface area contributed by atoms with E-state index in [1.165, 1.54) is 27.3 Å². The van der Waals surface area contributed by atoms with Crippen LogP contribution in [0.15, 0.2) is 48.5 Å². The normalized spacial score (nSPS) is 12.6. The lowest BCUT2D eigenvalue weighted by Crippen LogP contribution is -2.41. The molecule has 1 N–H and O–H groups in total. The van der Waals surface area contributed by atoms with E-state index >= 15 is 0 Å². The molecule has 4 heteroatoms. The van der Waals surface area contributed by atoms with Crippen LogP contribution in [0, 0.1) is 0 Å². The number of hydrogen-bond donors (Lipinski definition) is 1. The average molecular weight is 296 g/mol. The number of hydrazine groups is 1. The first-order chi connectivity index (χ1) is 10.8. The van der Waals surface area contributed by atoms with Gasteiger partial charge in [-0.2, -0.15) is 0 Å². The van der Waals surface area contributed by atoms with Crippen LogP contribution in [0.5, 0.6) is 0 Å². The van der Waals surface area contributed by atoms with Crippen molar-refractivity contribution >= 4 is 6.09 Å². The Hall–Kier alpha value is -2.33. The van der Waals surface area contributed by atoms with Crippen LogP contribution in [0.4, 0.5) is 4.79 Å². The summed E-state index contributed by atoms with van der Waals surface area (Å²) in [5.74, 6) is 0.104. The van der Waals surface area contributed by atoms with Gasteiger partial charge in [-0.25, -0.2) is 15.2 Å². The van der Waals surface area contributed by atoms with E-state index in [4.69, 9.17) is 4.74 Å². The fourth-order valence-electron chi connectivity index (χ4n) is 3.05. The van der Waals surface area contributed by atoms with Gasteiger partial charge in [-0.3, -0.25) is 0 Å². The molecule has 3 rings (SSSR count). The van der Waals surface area contributed by atoms with Gasteiger partial charge in [0.05, 0.1) is 0 Å². The molecule has 0 saturated heterocycles. The molecule has 22 heavy (non-hydrogen) atoms. The van der Waals surface area contributed by atoms with Crippen LogP contribution in [-0.4, -0.2) is 31.3 Å². The van der Waals surface area contributed by atoms with E-state index in [9.17, 15) is 4.79 Å². The van der Waals surface area contributed by atoms with Crippen LogP contribution < -0.4 is 5.43 Å². The molecule has 1 amide bonds. The number of carbonyl (C=O) groups excluding carboxylic acids is 1. The van der Waals surface area contributed by atoms with Crippen LogP contribution in [0.2, 0.25) is 0 Å². The van der Waals surface area contributed by atoms with Crippen molar-refractivity contribution in [1.29, 1.82) is 0 Å². The molecule has 0 radical (unpaired) electrons. The van der Waals surface area contributed by atoms with Gasteiger partial charge >= 0.3 is 6.09 Å². The highest BCUT2D eigenvalue weighted by atomic mass is 16.6. The lowest BCUT2D eigenvalue weighted by molar-refractivity contribution is 0.0870. The molecule has 0 spiro atoms. The topological polar surface area (TPSA) is 41.6 Å². The predicted octanol–water partition coefficient (Wildman–Crippen LogP) is 3.39. The Bertz CT molecular complexity index is 635. The van der Waals surface area contributed by atoms with E-state index in [1.807, 2.05) is 31.2 Å². The number of fused-ring (bicyclic) bond motifs is 3. The third-order valence-corrected chi connectivity index (χ3v) is 4.14. The Kier molecular flexibility index (Phi) is 4.11. The maximum atomic E-state index is 12.0. The molecular weight excluding hydrogens is 276 g/mol. The third kappa shape index (κ3) is 2.46. The molecule has 114 valence electrons. The molecule has 0 aromatic heterocycles. The van der Waals surface area contributed by atoms with Crippen molar-refractivity contribution < 1.29 is 9.53 Å². The van der Waals surface area contributed by atoms with Crippen molar-refractivity contribution in [3.8, 4) is 11.1 Å². The molecular formula is C18H20N2O2. The number of benzene rings is 2. The Morgan fingerprint density at radius 2 is 1.64 bits per heavy atom. The summed E-state index contributed by atoms with van der Waals surface area (Å²) in [6.07, 6.45) is -0.341. The fourth-order valence-corrected chi connectivity index (χ4v) is 3.05. The second-order valence-electron chi connectivity index (χ2n) is 5.27. The van der Waals surface area contributed by atoms with Crippen LogP contribution >= 0.6 is 0 Å². The van der Waals surface area contributed by atoms with Gasteiger partial charge in [0.25, 0.3) is 0 Å². The molecule has 0 saturated carbocycles. The first-order valence-electron chi connectivity index (χ1n) is 7.56. The van der Waals surface area contributed by atoms with Crippen LogP contribution in [0.3, 0.4) is 0 Å². The van der Waals surface area contributed by atoms with Crippen molar-refractivity contribution in [3.63, 3.8) is 0 Å². The maximum Gasteiger partial charge on any atom is 0.424 e. The third-order valence-electron chi connectivity index (χ3n) is 4.14. The van der Waals surface area contributed by atoms with Gasteiger partial charge < -0.3 is 4.74 Å². The highest BCUT2D eigenvalue weighted by Gasteiger charge is 2.29. The SMILES string of the molecule is CCN(NC)C(=O)OCC1c2ccccc2-c2ccccc21. The minimum atomic E-state index is -0.341. The molecule has 1 aliphatic carbocycles. The van der Waals surface area contributed by atoms with Gasteiger partial charge in [0, 0.05) is 19.5 Å². The molecule has 2 aromatic rings. The Balaban J connectivity index is 1.84. The number of carbonyl (C=O) groups is 1. The van der Waals surface area contributed by atoms with Crippen molar-refractivity contribution in [2.75, 3.05) is 20.2 Å². The zero-order chi connectivity index (χ0) is 15.5. The monoisotopic (exact) mass is 296 g/mol. The number of hydrogen-bond acceptors (Lipinski definition) is 3. The van der Waals surface area contributed by atoms with Crippen molar-refractivity contribution in [2.24, 2.45) is 0 Å². The summed E-state index contributed by atoms with van der Waals surface area (Å²) < 4.78 is 5.51. The van der Waals surface area contributed by atoms with Crippen molar-refractivity contribution in [2.45, 2.75) is 12.8 Å². The van der Waals surface area contributed by atoms with E-state index in [2.05, 4.69) is 29.7 Å². The highest BCUT2D eigenvalue weighted by molar-refractivity contribution is 5.79. The van der Waals surface area contributed by atoms with Crippen molar-refractivity contribution in [3.05, 3.63) is 59.7 Å². The molecule has 2 aromatic carbocycles. The highest BCUT2D eigenvalue weighted by Crippen LogP contribution is 2.44. The maximum absolute atomic E-state index is 12.0. The van der Waals surface area contributed by atoms with Gasteiger partial charge in [-0.05, 0) is 29.2 Å². The minimum Gasteiger partial charge on any atom is -0.447 e. The number of amides is 1. The minimum absolute atomic E-state index is 0.104. The van der Waals surface area contributed by atoms with Gasteiger partial charge in [0.2, 0.25) is 0 Å². The second-order valence-corrected chi connectivity index (χ2v) is 5.27. The lowest BCUT2D eigenvalue weighted by Gasteiger charge is -2.20. The summed E-state index contributed by atoms with van der Waals surface area (Å²) in [5, 5.41) is 1.45. The van der Waals surface area contributed by atoms with E-state index in [0.717, 1.165) is 0 Å². The lowest BCUT2D eigenvalue weighted by atomic mass is 9.98. The molecule has 0 heterocycles. The van der Waals surface area contributed by atoms with E-state index in [0.29, 0.717) is 13.2 Å². The molecule has 0 atom stereocenters. The molecule has 0 fully saturated rings. The second kappa shape index (κ2) is 6.20. The first-order valence-corrected chi connectivity index (χ1v) is 7.56. The van der Waals surface area contributed by atoms with Crippen LogP contribution in [0.25, 0.3) is 11.1 Å². The van der Waals surface area contributed by atoms with Gasteiger partial charge in [0.15, 0.2) is 0 Å². The largest absolute Gasteiger partial charge is 0.447 e. The van der Waals surface area contributed by atoms with Crippen molar-refractivity contribution in [1.82, 2.24) is 10.4 Å². The number of rotatable bonds is 4. The summed E-state index contributed by atoms with van der Waals surface area (Å²) in [5.41, 5.74) is 7.75. The molecule has 0 unspecified atom stereocenters. The molecule has 4 nitrogen and oxygen atoms in total. The van der Waals surface area contributed by atoms with E-state index in [1.54, 1.807) is 7.05 Å². The van der Waals surface area contributed by atoms with Gasteiger partial charge in [0.1, 0.15) is 6.61 Å². The van der Waals surface area contributed by atoms with Gasteiger partial charge in [-0.1, -0.05) is 48.5 Å². The standard InChI is InChI=1S/C18H20N2O2/c1-3-20(19-2)18(21)22-12-17-15-10-6-4-8-13(15)14-9-5-7-11-16(14)17/h4-11,17,19H,3,12H2,1-2H3. The van der Waals surface area contributed by atoms with E-state index in [-0.39, 0.29) is 12.0 Å². The Labute approximate surface area is 130 Å². The number of nitrogens with one attached hydrogen (secondary N) is 1. The predicted molar refractivity (Wildman–Crippen MR) is 86.5 cm³/mol. The number of ether oxygens (including phenoxy) is 1. The zero-order valence-corrected chi connectivity index (χ0v) is 12.9. The Morgan fingerprint density at radius 1 is 1.09 bits per heavy atom. The fraction of sp³-hybridized carbons (Fsp3) is 0.278. The quantitative estimate of drug-likeness (QED) is 0.879. The summed E-state index contributed by atoms with van der Waals surface area (Å²) in [6, 6.07) is 16.6. The molecule has 0 aliphatic heterocycles. The molecule has 1 aliphatic rings. The Morgan fingerprint density at radius 3 is 2.14 bits per heavy atom. The van der Waals surface area contributed by atoms with Gasteiger partial charge in [-0.15, -0.1) is 0 Å². The molecule has 0 bridgehead atoms. The first kappa shape index (κ1) is 14.6. The summed E-state index contributed by atoms with van der Waals surface area (Å²) >= 11 is 0. The summed E-state index contributed by atoms with van der Waals surface area (Å²) in [4.78, 5) is 12.0. The number of nitrogens with zero attached hydrogens (tertiary/aromatic N) is 1. The average Bonchev–Trinajstić information content (AvgIpc) is 2.88. The van der Waals surface area contributed by atoms with Crippen LogP contribution in [-0.2, 0) is 4.74 Å². The smallest absolute Gasteiger partial charge is 0.424 e. The van der Waals surface area contributed by atoms with Crippen LogP contribution in [0.1, 0.15) is 24.0 Å².